The number of carbonyl (C=O) groups is 1. The van der Waals surface area contributed by atoms with Gasteiger partial charge < -0.3 is 15.4 Å². The van der Waals surface area contributed by atoms with Gasteiger partial charge in [0.15, 0.2) is 0 Å². The molecule has 0 aliphatic carbocycles. The molecular formula is C22H24Cl2N2O2. The third kappa shape index (κ3) is 4.69. The average Bonchev–Trinajstić information content (AvgIpc) is 2.74. The normalized spacial score (nSPS) is 15.9. The maximum Gasteiger partial charge on any atom is 0.253 e. The molecule has 1 unspecified atom stereocenters. The van der Waals surface area contributed by atoms with E-state index in [1.54, 1.807) is 18.2 Å². The molecule has 2 N–H and O–H groups in total. The summed E-state index contributed by atoms with van der Waals surface area (Å²) in [5.74, 6) is 0.921. The van der Waals surface area contributed by atoms with Crippen LogP contribution in [-0.4, -0.2) is 30.5 Å². The second kappa shape index (κ2) is 9.46. The Morgan fingerprint density at radius 3 is 2.50 bits per heavy atom. The lowest BCUT2D eigenvalue weighted by molar-refractivity contribution is 0.0677. The lowest BCUT2D eigenvalue weighted by Crippen LogP contribution is -2.41. The van der Waals surface area contributed by atoms with Crippen LogP contribution in [0.15, 0.2) is 55.1 Å². The molecule has 0 saturated carbocycles. The molecule has 4 nitrogen and oxygen atoms in total. The third-order valence-corrected chi connectivity index (χ3v) is 5.85. The first kappa shape index (κ1) is 20.7. The number of likely N-dealkylation sites (tertiary alicyclic amines) is 1. The Labute approximate surface area is 175 Å². The first-order valence-corrected chi connectivity index (χ1v) is 10.1. The summed E-state index contributed by atoms with van der Waals surface area (Å²) < 4.78 is 5.75. The van der Waals surface area contributed by atoms with Crippen molar-refractivity contribution in [2.24, 2.45) is 11.7 Å². The Morgan fingerprint density at radius 1 is 1.21 bits per heavy atom. The van der Waals surface area contributed by atoms with E-state index in [9.17, 15) is 4.79 Å². The highest BCUT2D eigenvalue weighted by Crippen LogP contribution is 2.38. The number of ether oxygens (including phenoxy) is 1. The number of carbonyl (C=O) groups excluding carboxylic acids is 1. The lowest BCUT2D eigenvalue weighted by Gasteiger charge is -2.35. The van der Waals surface area contributed by atoms with E-state index in [0.29, 0.717) is 35.5 Å². The molecule has 1 heterocycles. The highest BCUT2D eigenvalue weighted by Gasteiger charge is 2.29. The maximum absolute atomic E-state index is 12.6. The van der Waals surface area contributed by atoms with Crippen molar-refractivity contribution in [2.75, 3.05) is 19.7 Å². The van der Waals surface area contributed by atoms with Crippen LogP contribution in [0.2, 0.25) is 10.0 Å². The number of hydrogen-bond donors (Lipinski definition) is 1. The summed E-state index contributed by atoms with van der Waals surface area (Å²) in [4.78, 5) is 14.5. The van der Waals surface area contributed by atoms with Crippen molar-refractivity contribution in [1.29, 1.82) is 0 Å². The van der Waals surface area contributed by atoms with Crippen LogP contribution < -0.4 is 10.5 Å². The summed E-state index contributed by atoms with van der Waals surface area (Å²) in [6.45, 7) is 5.39. The van der Waals surface area contributed by atoms with Crippen molar-refractivity contribution >= 4 is 29.1 Å². The molecule has 1 atom stereocenters. The molecule has 0 aromatic heterocycles. The molecule has 1 aliphatic heterocycles. The number of benzene rings is 2. The van der Waals surface area contributed by atoms with Crippen LogP contribution in [0.5, 0.6) is 5.75 Å². The molecule has 1 saturated heterocycles. The number of halogens is 2. The van der Waals surface area contributed by atoms with Gasteiger partial charge in [-0.2, -0.15) is 0 Å². The fraction of sp³-hybridized carbons (Fsp3) is 0.318. The van der Waals surface area contributed by atoms with Crippen molar-refractivity contribution in [1.82, 2.24) is 4.90 Å². The molecule has 0 spiro atoms. The van der Waals surface area contributed by atoms with E-state index in [4.69, 9.17) is 33.7 Å². The fourth-order valence-electron chi connectivity index (χ4n) is 3.56. The van der Waals surface area contributed by atoms with Gasteiger partial charge in [0.1, 0.15) is 12.4 Å². The maximum atomic E-state index is 12.6. The zero-order chi connectivity index (χ0) is 20.1. The van der Waals surface area contributed by atoms with E-state index >= 15 is 0 Å². The largest absolute Gasteiger partial charge is 0.489 e. The van der Waals surface area contributed by atoms with Gasteiger partial charge in [0, 0.05) is 36.3 Å². The summed E-state index contributed by atoms with van der Waals surface area (Å²) in [7, 11) is 0. The van der Waals surface area contributed by atoms with Crippen molar-refractivity contribution < 1.29 is 9.53 Å². The number of nitrogens with zero attached hydrogens (tertiary/aromatic N) is 1. The van der Waals surface area contributed by atoms with Crippen LogP contribution >= 0.6 is 23.2 Å². The van der Waals surface area contributed by atoms with Gasteiger partial charge >= 0.3 is 0 Å². The Balaban J connectivity index is 1.70. The Hall–Kier alpha value is -2.01. The second-order valence-electron chi connectivity index (χ2n) is 6.93. The highest BCUT2D eigenvalue weighted by molar-refractivity contribution is 6.42. The topological polar surface area (TPSA) is 55.6 Å². The highest BCUT2D eigenvalue weighted by atomic mass is 35.5. The summed E-state index contributed by atoms with van der Waals surface area (Å²) in [5.41, 5.74) is 8.14. The predicted octanol–water partition coefficient (Wildman–Crippen LogP) is 5.11. The molecule has 2 aromatic carbocycles. The Kier molecular flexibility index (Phi) is 7.00. The van der Waals surface area contributed by atoms with Crippen LogP contribution in [0.3, 0.4) is 0 Å². The average molecular weight is 419 g/mol. The van der Waals surface area contributed by atoms with Crippen molar-refractivity contribution in [3.8, 4) is 5.75 Å². The van der Waals surface area contributed by atoms with E-state index in [-0.39, 0.29) is 17.9 Å². The van der Waals surface area contributed by atoms with Gasteiger partial charge in [0.25, 0.3) is 5.91 Å². The van der Waals surface area contributed by atoms with Crippen molar-refractivity contribution in [3.05, 3.63) is 76.3 Å². The monoisotopic (exact) mass is 418 g/mol. The minimum absolute atomic E-state index is 0.0668. The molecule has 0 radical (unpaired) electrons. The van der Waals surface area contributed by atoms with E-state index in [2.05, 4.69) is 6.58 Å². The van der Waals surface area contributed by atoms with E-state index in [1.807, 2.05) is 35.2 Å². The number of hydrogen-bond acceptors (Lipinski definition) is 3. The molecule has 3 rings (SSSR count). The molecule has 6 heteroatoms. The molecule has 2 aromatic rings. The first-order valence-electron chi connectivity index (χ1n) is 9.33. The predicted molar refractivity (Wildman–Crippen MR) is 114 cm³/mol. The van der Waals surface area contributed by atoms with Gasteiger partial charge in [-0.3, -0.25) is 4.79 Å². The van der Waals surface area contributed by atoms with Gasteiger partial charge in [-0.05, 0) is 37.0 Å². The van der Waals surface area contributed by atoms with Crippen molar-refractivity contribution in [2.45, 2.75) is 18.9 Å². The minimum atomic E-state index is -0.247. The number of piperidine rings is 1. The summed E-state index contributed by atoms with van der Waals surface area (Å²) in [6, 6.07) is 12.6. The SMILES string of the molecule is C=CCOc1cc(Cl)c(Cl)cc1C(N)C1CCN(C(=O)c2ccccc2)CC1. The zero-order valence-corrected chi connectivity index (χ0v) is 17.1. The molecule has 148 valence electrons. The molecule has 28 heavy (non-hydrogen) atoms. The van der Waals surface area contributed by atoms with Crippen LogP contribution in [0, 0.1) is 5.92 Å². The van der Waals surface area contributed by atoms with E-state index in [0.717, 1.165) is 24.0 Å². The van der Waals surface area contributed by atoms with Crippen LogP contribution in [0.25, 0.3) is 0 Å². The van der Waals surface area contributed by atoms with Crippen molar-refractivity contribution in [3.63, 3.8) is 0 Å². The fourth-order valence-corrected chi connectivity index (χ4v) is 3.88. The number of rotatable bonds is 6. The summed E-state index contributed by atoms with van der Waals surface area (Å²) >= 11 is 12.4. The summed E-state index contributed by atoms with van der Waals surface area (Å²) in [5, 5.41) is 0.884. The molecule has 1 amide bonds. The van der Waals surface area contributed by atoms with Gasteiger partial charge in [-0.15, -0.1) is 0 Å². The van der Waals surface area contributed by atoms with Crippen LogP contribution in [-0.2, 0) is 0 Å². The minimum Gasteiger partial charge on any atom is -0.489 e. The van der Waals surface area contributed by atoms with E-state index in [1.165, 1.54) is 0 Å². The smallest absolute Gasteiger partial charge is 0.253 e. The lowest BCUT2D eigenvalue weighted by atomic mass is 9.85. The zero-order valence-electron chi connectivity index (χ0n) is 15.6. The molecular weight excluding hydrogens is 395 g/mol. The van der Waals surface area contributed by atoms with Gasteiger partial charge in [-0.1, -0.05) is 54.1 Å². The van der Waals surface area contributed by atoms with Crippen LogP contribution in [0.4, 0.5) is 0 Å². The molecule has 0 bridgehead atoms. The van der Waals surface area contributed by atoms with E-state index < -0.39 is 0 Å². The van der Waals surface area contributed by atoms with Gasteiger partial charge in [0.2, 0.25) is 0 Å². The van der Waals surface area contributed by atoms with Gasteiger partial charge in [-0.25, -0.2) is 0 Å². The Bertz CT molecular complexity index is 834. The quantitative estimate of drug-likeness (QED) is 0.662. The number of nitrogens with two attached hydrogens (primary N) is 1. The number of amides is 1. The second-order valence-corrected chi connectivity index (χ2v) is 7.74. The Morgan fingerprint density at radius 2 is 1.86 bits per heavy atom. The standard InChI is InChI=1S/C22H24Cl2N2O2/c1-2-12-28-20-14-19(24)18(23)13-17(20)21(25)15-8-10-26(11-9-15)22(27)16-6-4-3-5-7-16/h2-7,13-15,21H,1,8-12,25H2. The third-order valence-electron chi connectivity index (χ3n) is 5.12. The molecule has 1 aliphatic rings. The first-order chi connectivity index (χ1) is 13.5. The summed E-state index contributed by atoms with van der Waals surface area (Å²) in [6.07, 6.45) is 3.31. The molecule has 1 fully saturated rings. The van der Waals surface area contributed by atoms with Crippen LogP contribution in [0.1, 0.15) is 34.8 Å². The van der Waals surface area contributed by atoms with Gasteiger partial charge in [0.05, 0.1) is 10.0 Å².